The maximum absolute atomic E-state index is 13.3. The van der Waals surface area contributed by atoms with Crippen molar-refractivity contribution in [3.63, 3.8) is 0 Å². The predicted molar refractivity (Wildman–Crippen MR) is 115 cm³/mol. The van der Waals surface area contributed by atoms with E-state index in [0.29, 0.717) is 6.54 Å². The third kappa shape index (κ3) is 5.58. The number of morpholine rings is 1. The van der Waals surface area contributed by atoms with Crippen molar-refractivity contribution in [3.05, 3.63) is 29.8 Å². The second-order valence-electron chi connectivity index (χ2n) is 8.57. The van der Waals surface area contributed by atoms with E-state index in [1.165, 1.54) is 6.42 Å². The third-order valence-corrected chi connectivity index (χ3v) is 6.19. The molecule has 0 radical (unpaired) electrons. The molecule has 6 heteroatoms. The van der Waals surface area contributed by atoms with Crippen molar-refractivity contribution in [1.29, 1.82) is 0 Å². The predicted octanol–water partition coefficient (Wildman–Crippen LogP) is 2.93. The zero-order chi connectivity index (χ0) is 20.7. The number of amides is 2. The fraction of sp³-hybridized carbons (Fsp3) is 0.652. The minimum atomic E-state index is -0.455. The van der Waals surface area contributed by atoms with E-state index in [-0.39, 0.29) is 17.7 Å². The molecule has 6 nitrogen and oxygen atoms in total. The molecule has 29 heavy (non-hydrogen) atoms. The molecule has 0 unspecified atom stereocenters. The number of carbonyl (C=O) groups is 2. The molecule has 0 spiro atoms. The van der Waals surface area contributed by atoms with Gasteiger partial charge in [0, 0.05) is 37.8 Å². The maximum atomic E-state index is 13.3. The van der Waals surface area contributed by atoms with E-state index >= 15 is 0 Å². The first-order valence-corrected chi connectivity index (χ1v) is 11.0. The second kappa shape index (κ2) is 10.2. The minimum absolute atomic E-state index is 0.00554. The molecule has 0 bridgehead atoms. The van der Waals surface area contributed by atoms with Crippen molar-refractivity contribution in [2.24, 2.45) is 5.92 Å². The molecule has 1 saturated carbocycles. The molecule has 1 saturated heterocycles. The van der Waals surface area contributed by atoms with Gasteiger partial charge in [-0.25, -0.2) is 0 Å². The number of ether oxygens (including phenoxy) is 1. The number of nitrogens with one attached hydrogen (secondary N) is 2. The van der Waals surface area contributed by atoms with Crippen LogP contribution < -0.4 is 10.6 Å². The second-order valence-corrected chi connectivity index (χ2v) is 8.57. The van der Waals surface area contributed by atoms with Gasteiger partial charge in [0.15, 0.2) is 0 Å². The standard InChI is InChI=1S/C23H35N3O3/c1-18(2)21(27)25-20-8-6-19(7-9-20)23(10-4-3-5-11-23)22(28)24-12-13-26-14-16-29-17-15-26/h6-9,18H,3-5,10-17H2,1-2H3,(H,24,28)(H,25,27). The van der Waals surface area contributed by atoms with Gasteiger partial charge in [-0.2, -0.15) is 0 Å². The highest BCUT2D eigenvalue weighted by molar-refractivity contribution is 5.92. The number of hydrogen-bond donors (Lipinski definition) is 2. The minimum Gasteiger partial charge on any atom is -0.379 e. The molecular formula is C23H35N3O3. The summed E-state index contributed by atoms with van der Waals surface area (Å²) in [6.45, 7) is 8.71. The van der Waals surface area contributed by atoms with Gasteiger partial charge in [0.2, 0.25) is 11.8 Å². The van der Waals surface area contributed by atoms with Crippen LogP contribution in [0, 0.1) is 5.92 Å². The van der Waals surface area contributed by atoms with E-state index in [1.54, 1.807) is 0 Å². The molecule has 2 aliphatic rings. The number of rotatable bonds is 7. The van der Waals surface area contributed by atoms with Gasteiger partial charge in [0.25, 0.3) is 0 Å². The van der Waals surface area contributed by atoms with Gasteiger partial charge in [-0.15, -0.1) is 0 Å². The molecule has 1 aliphatic carbocycles. The van der Waals surface area contributed by atoms with Crippen LogP contribution in [-0.4, -0.2) is 56.1 Å². The summed E-state index contributed by atoms with van der Waals surface area (Å²) in [5.74, 6) is 0.0898. The van der Waals surface area contributed by atoms with Gasteiger partial charge < -0.3 is 15.4 Å². The molecule has 2 N–H and O–H groups in total. The summed E-state index contributed by atoms with van der Waals surface area (Å²) in [5, 5.41) is 6.14. The Labute approximate surface area is 174 Å². The highest BCUT2D eigenvalue weighted by Crippen LogP contribution is 2.40. The van der Waals surface area contributed by atoms with Gasteiger partial charge >= 0.3 is 0 Å². The van der Waals surface area contributed by atoms with Gasteiger partial charge in [0.05, 0.1) is 18.6 Å². The number of anilines is 1. The monoisotopic (exact) mass is 401 g/mol. The normalized spacial score (nSPS) is 19.7. The Morgan fingerprint density at radius 1 is 1.07 bits per heavy atom. The van der Waals surface area contributed by atoms with Crippen LogP contribution in [0.2, 0.25) is 0 Å². The van der Waals surface area contributed by atoms with Crippen LogP contribution in [0.15, 0.2) is 24.3 Å². The van der Waals surface area contributed by atoms with Crippen molar-refractivity contribution < 1.29 is 14.3 Å². The van der Waals surface area contributed by atoms with Crippen LogP contribution in [0.3, 0.4) is 0 Å². The number of benzene rings is 1. The van der Waals surface area contributed by atoms with Crippen molar-refractivity contribution in [1.82, 2.24) is 10.2 Å². The summed E-state index contributed by atoms with van der Waals surface area (Å²) in [6.07, 6.45) is 5.10. The first-order chi connectivity index (χ1) is 14.0. The van der Waals surface area contributed by atoms with E-state index in [9.17, 15) is 9.59 Å². The summed E-state index contributed by atoms with van der Waals surface area (Å²) in [7, 11) is 0. The molecule has 1 aromatic rings. The van der Waals surface area contributed by atoms with Crippen LogP contribution in [-0.2, 0) is 19.7 Å². The highest BCUT2D eigenvalue weighted by Gasteiger charge is 2.40. The topological polar surface area (TPSA) is 70.7 Å². The van der Waals surface area contributed by atoms with Gasteiger partial charge in [-0.1, -0.05) is 45.2 Å². The first kappa shape index (κ1) is 21.8. The fourth-order valence-corrected chi connectivity index (χ4v) is 4.28. The smallest absolute Gasteiger partial charge is 0.230 e. The summed E-state index contributed by atoms with van der Waals surface area (Å²) in [4.78, 5) is 27.6. The van der Waals surface area contributed by atoms with Crippen LogP contribution in [0.5, 0.6) is 0 Å². The third-order valence-electron chi connectivity index (χ3n) is 6.19. The zero-order valence-electron chi connectivity index (χ0n) is 17.8. The van der Waals surface area contributed by atoms with Gasteiger partial charge in [0.1, 0.15) is 0 Å². The number of hydrogen-bond acceptors (Lipinski definition) is 4. The Morgan fingerprint density at radius 2 is 1.72 bits per heavy atom. The molecule has 0 atom stereocenters. The Balaban J connectivity index is 1.65. The molecule has 1 aromatic carbocycles. The summed E-state index contributed by atoms with van der Waals surface area (Å²) in [5.41, 5.74) is 1.39. The first-order valence-electron chi connectivity index (χ1n) is 11.0. The lowest BCUT2D eigenvalue weighted by molar-refractivity contribution is -0.128. The van der Waals surface area contributed by atoms with Gasteiger partial charge in [-0.3, -0.25) is 14.5 Å². The number of nitrogens with zero attached hydrogens (tertiary/aromatic N) is 1. The Morgan fingerprint density at radius 3 is 2.34 bits per heavy atom. The molecular weight excluding hydrogens is 366 g/mol. The summed E-state index contributed by atoms with van der Waals surface area (Å²) in [6, 6.07) is 7.88. The van der Waals surface area contributed by atoms with Crippen LogP contribution >= 0.6 is 0 Å². The number of carbonyl (C=O) groups excluding carboxylic acids is 2. The van der Waals surface area contributed by atoms with E-state index in [4.69, 9.17) is 4.74 Å². The zero-order valence-corrected chi connectivity index (χ0v) is 17.8. The SMILES string of the molecule is CC(C)C(=O)Nc1ccc(C2(C(=O)NCCN3CCOCC3)CCCCC2)cc1. The van der Waals surface area contributed by atoms with Crippen molar-refractivity contribution in [3.8, 4) is 0 Å². The van der Waals surface area contributed by atoms with Crippen molar-refractivity contribution in [2.75, 3.05) is 44.7 Å². The molecule has 1 heterocycles. The average molecular weight is 402 g/mol. The molecule has 0 aromatic heterocycles. The Bertz CT molecular complexity index is 675. The quantitative estimate of drug-likeness (QED) is 0.737. The molecule has 2 amide bonds. The van der Waals surface area contributed by atoms with Gasteiger partial charge in [-0.05, 0) is 30.5 Å². The van der Waals surface area contributed by atoms with E-state index in [0.717, 1.165) is 69.8 Å². The van der Waals surface area contributed by atoms with E-state index < -0.39 is 5.41 Å². The Kier molecular flexibility index (Phi) is 7.67. The molecule has 3 rings (SSSR count). The lowest BCUT2D eigenvalue weighted by Crippen LogP contribution is -2.48. The van der Waals surface area contributed by atoms with Crippen molar-refractivity contribution in [2.45, 2.75) is 51.4 Å². The summed E-state index contributed by atoms with van der Waals surface area (Å²) >= 11 is 0. The van der Waals surface area contributed by atoms with Crippen LogP contribution in [0.25, 0.3) is 0 Å². The lowest BCUT2D eigenvalue weighted by atomic mass is 9.68. The van der Waals surface area contributed by atoms with Crippen LogP contribution in [0.4, 0.5) is 5.69 Å². The maximum Gasteiger partial charge on any atom is 0.230 e. The van der Waals surface area contributed by atoms with E-state index in [1.807, 2.05) is 38.1 Å². The highest BCUT2D eigenvalue weighted by atomic mass is 16.5. The van der Waals surface area contributed by atoms with Crippen LogP contribution in [0.1, 0.15) is 51.5 Å². The Hall–Kier alpha value is -1.92. The summed E-state index contributed by atoms with van der Waals surface area (Å²) < 4.78 is 5.39. The van der Waals surface area contributed by atoms with E-state index in [2.05, 4.69) is 15.5 Å². The molecule has 1 aliphatic heterocycles. The van der Waals surface area contributed by atoms with Crippen molar-refractivity contribution >= 4 is 17.5 Å². The molecule has 160 valence electrons. The average Bonchev–Trinajstić information content (AvgIpc) is 2.75. The largest absolute Gasteiger partial charge is 0.379 e. The molecule has 2 fully saturated rings. The lowest BCUT2D eigenvalue weighted by Gasteiger charge is -2.37. The fourth-order valence-electron chi connectivity index (χ4n) is 4.28.